The maximum absolute atomic E-state index is 3.53. The molecule has 0 nitrogen and oxygen atoms in total. The normalized spacial score (nSPS) is 15.8. The number of rotatable bonds is 0. The van der Waals surface area contributed by atoms with Gasteiger partial charge in [0.2, 0.25) is 0 Å². The van der Waals surface area contributed by atoms with Gasteiger partial charge in [-0.25, -0.2) is 6.08 Å². The summed E-state index contributed by atoms with van der Waals surface area (Å²) in [5.41, 5.74) is 10.5. The molecule has 4 rings (SSSR count). The number of fused-ring (bicyclic) bond motifs is 3. The summed E-state index contributed by atoms with van der Waals surface area (Å²) in [6.45, 7) is 22.5. The molecule has 3 heteroatoms. The van der Waals surface area contributed by atoms with Gasteiger partial charge in [-0.2, -0.15) is 41.0 Å². The number of hydrogen-bond donors (Lipinski definition) is 0. The largest absolute Gasteiger partial charge is 1.00 e. The zero-order valence-corrected chi connectivity index (χ0v) is 27.3. The third kappa shape index (κ3) is 8.95. The van der Waals surface area contributed by atoms with Gasteiger partial charge in [0.25, 0.3) is 0 Å². The van der Waals surface area contributed by atoms with E-state index in [1.54, 1.807) is 0 Å². The monoisotopic (exact) mass is 586 g/mol. The molecule has 35 heavy (non-hydrogen) atoms. The molecule has 0 N–H and O–H groups in total. The first-order chi connectivity index (χ1) is 15.2. The zero-order valence-electron chi connectivity index (χ0n) is 23.3. The Morgan fingerprint density at radius 3 is 1.77 bits per heavy atom. The van der Waals surface area contributed by atoms with Gasteiger partial charge in [0.1, 0.15) is 0 Å². The number of hydrogen-bond acceptors (Lipinski definition) is 0. The summed E-state index contributed by atoms with van der Waals surface area (Å²) in [7, 11) is 0. The van der Waals surface area contributed by atoms with Gasteiger partial charge in [-0.3, -0.25) is 6.08 Å². The smallest absolute Gasteiger partial charge is 1.00 e. The third-order valence-electron chi connectivity index (χ3n) is 6.32. The van der Waals surface area contributed by atoms with Crippen molar-refractivity contribution in [3.8, 4) is 11.1 Å². The van der Waals surface area contributed by atoms with Crippen molar-refractivity contribution in [2.24, 2.45) is 11.3 Å². The van der Waals surface area contributed by atoms with Crippen molar-refractivity contribution in [1.29, 1.82) is 0 Å². The van der Waals surface area contributed by atoms with Crippen molar-refractivity contribution < 1.29 is 49.0 Å². The van der Waals surface area contributed by atoms with Crippen LogP contribution in [-0.4, -0.2) is 4.21 Å². The first-order valence-electron chi connectivity index (χ1n) is 12.0. The van der Waals surface area contributed by atoms with E-state index in [1.165, 1.54) is 63.2 Å². The van der Waals surface area contributed by atoms with Crippen LogP contribution in [0.25, 0.3) is 11.1 Å². The molecule has 0 radical (unpaired) electrons. The van der Waals surface area contributed by atoms with E-state index in [0.29, 0.717) is 11.3 Å². The maximum Gasteiger partial charge on any atom is -1.00 e. The molecule has 0 bridgehead atoms. The zero-order chi connectivity index (χ0) is 25.2. The van der Waals surface area contributed by atoms with E-state index in [4.69, 9.17) is 0 Å². The molecular formula is C32H42Cl2Zr-2. The average Bonchev–Trinajstić information content (AvgIpc) is 3.31. The van der Waals surface area contributed by atoms with E-state index in [0.717, 1.165) is 6.42 Å². The fourth-order valence-corrected chi connectivity index (χ4v) is 4.04. The van der Waals surface area contributed by atoms with E-state index in [2.05, 4.69) is 128 Å². The van der Waals surface area contributed by atoms with Crippen LogP contribution in [0.2, 0.25) is 0 Å². The third-order valence-corrected chi connectivity index (χ3v) is 6.32. The molecule has 1 atom stereocenters. The minimum Gasteiger partial charge on any atom is -1.00 e. The van der Waals surface area contributed by atoms with Gasteiger partial charge in [-0.15, -0.1) is 5.56 Å². The van der Waals surface area contributed by atoms with Crippen molar-refractivity contribution in [2.75, 3.05) is 0 Å². The van der Waals surface area contributed by atoms with Gasteiger partial charge in [0.15, 0.2) is 0 Å². The van der Waals surface area contributed by atoms with Crippen LogP contribution < -0.4 is 24.8 Å². The Bertz CT molecular complexity index is 979. The molecule has 2 aromatic rings. The fourth-order valence-electron chi connectivity index (χ4n) is 4.04. The van der Waals surface area contributed by atoms with E-state index < -0.39 is 0 Å². The summed E-state index contributed by atoms with van der Waals surface area (Å²) in [5.74, 6) is 0.522. The van der Waals surface area contributed by atoms with Gasteiger partial charge < -0.3 is 24.8 Å². The van der Waals surface area contributed by atoms with Gasteiger partial charge >= 0.3 is 28.4 Å². The molecule has 0 fully saturated rings. The molecule has 0 aromatic heterocycles. The molecule has 0 saturated heterocycles. The summed E-state index contributed by atoms with van der Waals surface area (Å²) < 4.78 is 3.34. The van der Waals surface area contributed by atoms with Crippen LogP contribution in [0.3, 0.4) is 0 Å². The minimum atomic E-state index is 0. The predicted molar refractivity (Wildman–Crippen MR) is 143 cm³/mol. The summed E-state index contributed by atoms with van der Waals surface area (Å²) in [4.78, 5) is 0. The first-order valence-corrected chi connectivity index (χ1v) is 13.8. The van der Waals surface area contributed by atoms with Crippen molar-refractivity contribution >= 4 is 4.21 Å². The molecule has 0 spiro atoms. The number of allylic oxidation sites excluding steroid dienone is 4. The van der Waals surface area contributed by atoms with Crippen LogP contribution in [-0.2, 0) is 41.5 Å². The Labute approximate surface area is 243 Å². The van der Waals surface area contributed by atoms with Crippen molar-refractivity contribution in [2.45, 2.75) is 86.5 Å². The first kappa shape index (κ1) is 34.3. The van der Waals surface area contributed by atoms with E-state index in [-0.39, 0.29) is 35.6 Å². The van der Waals surface area contributed by atoms with Gasteiger partial charge in [0, 0.05) is 0 Å². The van der Waals surface area contributed by atoms with E-state index in [9.17, 15) is 0 Å². The Balaban J connectivity index is 0.000000705. The number of halogens is 2. The van der Waals surface area contributed by atoms with Crippen molar-refractivity contribution in [3.63, 3.8) is 0 Å². The quantitative estimate of drug-likeness (QED) is 0.355. The Morgan fingerprint density at radius 1 is 0.800 bits per heavy atom. The van der Waals surface area contributed by atoms with Crippen molar-refractivity contribution in [1.82, 2.24) is 0 Å². The minimum absolute atomic E-state index is 0. The summed E-state index contributed by atoms with van der Waals surface area (Å²) >= 11 is 1.30. The molecule has 2 aliphatic rings. The maximum atomic E-state index is 3.53. The molecule has 2 aliphatic carbocycles. The molecule has 0 heterocycles. The molecule has 190 valence electrons. The van der Waals surface area contributed by atoms with E-state index >= 15 is 0 Å². The van der Waals surface area contributed by atoms with Crippen LogP contribution in [0.5, 0.6) is 0 Å². The second-order valence-electron chi connectivity index (χ2n) is 12.3. The SMILES string of the molecule is CC(C)(C)c1c[c-]c2c(c1)-c1cc(C(C)(C)C)ccc1C2.CC1[C-]=CC(C(C)(C)C)=C1.[CH2]=[Zr+2].[Cl-].[Cl-]. The summed E-state index contributed by atoms with van der Waals surface area (Å²) in [5, 5.41) is 0. The van der Waals surface area contributed by atoms with Crippen LogP contribution in [0.4, 0.5) is 0 Å². The number of benzene rings is 2. The van der Waals surface area contributed by atoms with Crippen LogP contribution >= 0.6 is 0 Å². The second kappa shape index (κ2) is 13.2. The van der Waals surface area contributed by atoms with Gasteiger partial charge in [-0.05, 0) is 17.4 Å². The second-order valence-corrected chi connectivity index (χ2v) is 12.3. The van der Waals surface area contributed by atoms with Crippen LogP contribution in [0, 0.1) is 23.5 Å². The molecule has 0 aliphatic heterocycles. The molecule has 0 amide bonds. The van der Waals surface area contributed by atoms with Gasteiger partial charge in [0.05, 0.1) is 0 Å². The molecular weight excluding hydrogens is 546 g/mol. The average molecular weight is 589 g/mol. The standard InChI is InChI=1S/C21H25.C10H15.CH2.2ClH.Zr/c1-20(2,3)16-9-7-14-11-15-8-10-17(21(4,5)6)13-19(15)18(14)12-16;1-8-5-6-9(7-8)10(2,3)4;;;;/h7,9-10,12-13H,11H2,1-6H3;6-8H,1-4H3;1H2;2*1H;/q2*-1;;;;+2/p-2. The molecule has 0 saturated carbocycles. The topological polar surface area (TPSA) is 0 Å². The van der Waals surface area contributed by atoms with Crippen LogP contribution in [0.1, 0.15) is 91.5 Å². The Kier molecular flexibility index (Phi) is 12.9. The summed E-state index contributed by atoms with van der Waals surface area (Å²) in [6, 6.07) is 15.1. The Hall–Kier alpha value is -0.747. The molecule has 1 unspecified atom stereocenters. The Morgan fingerprint density at radius 2 is 1.34 bits per heavy atom. The fraction of sp³-hybridized carbons (Fsp3) is 0.469. The molecule has 2 aromatic carbocycles. The van der Waals surface area contributed by atoms with E-state index in [1.807, 2.05) is 0 Å². The predicted octanol–water partition coefficient (Wildman–Crippen LogP) is 2.59. The van der Waals surface area contributed by atoms with Crippen molar-refractivity contribution in [3.05, 3.63) is 82.5 Å². The van der Waals surface area contributed by atoms with Crippen LogP contribution in [0.15, 0.2) is 48.1 Å². The summed E-state index contributed by atoms with van der Waals surface area (Å²) in [6.07, 6.45) is 8.68. The van der Waals surface area contributed by atoms with Gasteiger partial charge in [-0.1, -0.05) is 115 Å².